The number of carbonyl (C=O) groups excluding carboxylic acids is 1. The number of hydrogen-bond acceptors (Lipinski definition) is 6. The van der Waals surface area contributed by atoms with Gasteiger partial charge in [-0.2, -0.15) is 0 Å². The van der Waals surface area contributed by atoms with Gasteiger partial charge in [0.2, 0.25) is 10.7 Å². The predicted octanol–water partition coefficient (Wildman–Crippen LogP) is 6.91. The highest BCUT2D eigenvalue weighted by atomic mass is 32.2. The van der Waals surface area contributed by atoms with E-state index in [1.807, 2.05) is 115 Å². The van der Waals surface area contributed by atoms with Gasteiger partial charge in [0.25, 0.3) is 0 Å². The quantitative estimate of drug-likeness (QED) is 0.110. The van der Waals surface area contributed by atoms with E-state index in [9.17, 15) is 4.79 Å². The highest BCUT2D eigenvalue weighted by Gasteiger charge is 2.39. The smallest absolute Gasteiger partial charge is 0.240 e. The molecule has 5 aromatic rings. The first-order valence-electron chi connectivity index (χ1n) is 10.7. The number of hydrogen-bond donors (Lipinski definition) is 0. The molecule has 4 nitrogen and oxygen atoms in total. The summed E-state index contributed by atoms with van der Waals surface area (Å²) in [4.78, 5) is 23.5. The maximum absolute atomic E-state index is 12.7. The van der Waals surface area contributed by atoms with Crippen molar-refractivity contribution in [1.82, 2.24) is 4.98 Å². The first kappa shape index (κ1) is 22.1. The summed E-state index contributed by atoms with van der Waals surface area (Å²) in [5.74, 6) is 0. The lowest BCUT2D eigenvalue weighted by Crippen LogP contribution is -2.31. The molecule has 0 fully saturated rings. The van der Waals surface area contributed by atoms with Crippen LogP contribution < -0.4 is 0 Å². The zero-order chi connectivity index (χ0) is 23.2. The Bertz CT molecular complexity index is 1290. The third kappa shape index (κ3) is 4.51. The van der Waals surface area contributed by atoms with Crippen LogP contribution in [-0.2, 0) is 15.2 Å². The molecule has 0 unspecified atom stereocenters. The lowest BCUT2D eigenvalue weighted by atomic mass is 9.80. The Morgan fingerprint density at radius 2 is 1.26 bits per heavy atom. The molecule has 1 heterocycles. The van der Waals surface area contributed by atoms with Crippen molar-refractivity contribution >= 4 is 44.6 Å². The minimum atomic E-state index is -1.01. The summed E-state index contributed by atoms with van der Waals surface area (Å²) in [6, 6.07) is 37.6. The fraction of sp³-hybridized carbons (Fsp3) is 0.0357. The maximum Gasteiger partial charge on any atom is 0.240 e. The van der Waals surface area contributed by atoms with Gasteiger partial charge in [-0.25, -0.2) is 4.98 Å². The van der Waals surface area contributed by atoms with Crippen LogP contribution in [0.3, 0.4) is 0 Å². The largest absolute Gasteiger partial charge is 0.374 e. The molecule has 0 radical (unpaired) electrons. The molecule has 6 heteroatoms. The molecule has 0 amide bonds. The fourth-order valence-corrected chi connectivity index (χ4v) is 5.62. The van der Waals surface area contributed by atoms with Gasteiger partial charge in [-0.1, -0.05) is 108 Å². The minimum absolute atomic E-state index is 0.248. The molecule has 5 rings (SSSR count). The zero-order valence-corrected chi connectivity index (χ0v) is 19.7. The van der Waals surface area contributed by atoms with Gasteiger partial charge in [-0.05, 0) is 23.9 Å². The van der Waals surface area contributed by atoms with Gasteiger partial charge in [0, 0.05) is 16.7 Å². The van der Waals surface area contributed by atoms with E-state index in [-0.39, 0.29) is 5.12 Å². The van der Waals surface area contributed by atoms with E-state index < -0.39 is 5.60 Å². The molecule has 166 valence electrons. The van der Waals surface area contributed by atoms with Crippen LogP contribution in [0.5, 0.6) is 0 Å². The normalized spacial score (nSPS) is 11.6. The van der Waals surface area contributed by atoms with Gasteiger partial charge in [0.15, 0.2) is 4.34 Å². The molecular formula is C28H20N2O2S2. The summed E-state index contributed by atoms with van der Waals surface area (Å²) >= 11 is 2.53. The first-order chi connectivity index (χ1) is 16.8. The predicted molar refractivity (Wildman–Crippen MR) is 139 cm³/mol. The van der Waals surface area contributed by atoms with E-state index in [2.05, 4.69) is 10.1 Å². The molecule has 0 atom stereocenters. The Labute approximate surface area is 205 Å². The number of nitrogens with zero attached hydrogens (tertiary/aromatic N) is 2. The van der Waals surface area contributed by atoms with Crippen molar-refractivity contribution in [3.8, 4) is 0 Å². The van der Waals surface area contributed by atoms with Crippen LogP contribution in [0.25, 0.3) is 10.2 Å². The zero-order valence-electron chi connectivity index (χ0n) is 18.1. The van der Waals surface area contributed by atoms with Crippen molar-refractivity contribution < 1.29 is 9.63 Å². The monoisotopic (exact) mass is 480 g/mol. The lowest BCUT2D eigenvalue weighted by Gasteiger charge is -2.33. The van der Waals surface area contributed by atoms with Crippen LogP contribution in [0.15, 0.2) is 125 Å². The third-order valence-electron chi connectivity index (χ3n) is 5.35. The summed E-state index contributed by atoms with van der Waals surface area (Å²) in [6.45, 7) is 0. The van der Waals surface area contributed by atoms with Crippen LogP contribution in [0.1, 0.15) is 16.7 Å². The van der Waals surface area contributed by atoms with Crippen LogP contribution in [0, 0.1) is 0 Å². The Kier molecular flexibility index (Phi) is 6.51. The highest BCUT2D eigenvalue weighted by molar-refractivity contribution is 8.16. The number of thioether (sulfide) groups is 1. The number of fused-ring (bicyclic) bond motifs is 1. The van der Waals surface area contributed by atoms with Crippen molar-refractivity contribution in [2.75, 3.05) is 0 Å². The Hall–Kier alpha value is -3.74. The average Bonchev–Trinajstić information content (AvgIpc) is 3.30. The first-order valence-corrected chi connectivity index (χ1v) is 12.3. The Balaban J connectivity index is 1.48. The second-order valence-corrected chi connectivity index (χ2v) is 9.76. The summed E-state index contributed by atoms with van der Waals surface area (Å²) in [7, 11) is 0. The molecular weight excluding hydrogens is 460 g/mol. The topological polar surface area (TPSA) is 51.5 Å². The minimum Gasteiger partial charge on any atom is -0.374 e. The van der Waals surface area contributed by atoms with Gasteiger partial charge in [0.1, 0.15) is 6.21 Å². The van der Waals surface area contributed by atoms with Crippen LogP contribution >= 0.6 is 23.1 Å². The molecule has 34 heavy (non-hydrogen) atoms. The number of carbonyl (C=O) groups is 1. The second kappa shape index (κ2) is 10.0. The summed E-state index contributed by atoms with van der Waals surface area (Å²) in [6.07, 6.45) is 1.22. The molecule has 0 bridgehead atoms. The number of para-hydroxylation sites is 1. The van der Waals surface area contributed by atoms with Gasteiger partial charge in [0.05, 0.1) is 10.2 Å². The molecule has 0 saturated carbocycles. The van der Waals surface area contributed by atoms with Crippen molar-refractivity contribution in [3.63, 3.8) is 0 Å². The standard InChI is InChI=1S/C28H20N2O2S2/c31-26(34-27-30-24-18-10-11-19-25(24)33-27)20-29-32-28(21-12-4-1-5-13-21,22-14-6-2-7-15-22)23-16-8-3-9-17-23/h1-20H. The van der Waals surface area contributed by atoms with Crippen molar-refractivity contribution in [1.29, 1.82) is 0 Å². The molecule has 0 N–H and O–H groups in total. The van der Waals surface area contributed by atoms with Crippen molar-refractivity contribution in [2.24, 2.45) is 5.16 Å². The molecule has 0 aliphatic heterocycles. The van der Waals surface area contributed by atoms with E-state index in [4.69, 9.17) is 4.84 Å². The van der Waals surface area contributed by atoms with Crippen LogP contribution in [0.4, 0.5) is 0 Å². The number of oxime groups is 1. The summed E-state index contributed by atoms with van der Waals surface area (Å²) in [5, 5.41) is 3.96. The molecule has 1 aromatic heterocycles. The Morgan fingerprint density at radius 3 is 1.79 bits per heavy atom. The van der Waals surface area contributed by atoms with Crippen molar-refractivity contribution in [3.05, 3.63) is 132 Å². The van der Waals surface area contributed by atoms with Crippen LogP contribution in [0.2, 0.25) is 0 Å². The lowest BCUT2D eigenvalue weighted by molar-refractivity contribution is -0.105. The molecule has 0 saturated heterocycles. The van der Waals surface area contributed by atoms with E-state index in [1.165, 1.54) is 17.6 Å². The van der Waals surface area contributed by atoms with Gasteiger partial charge >= 0.3 is 0 Å². The van der Waals surface area contributed by atoms with E-state index in [1.54, 1.807) is 0 Å². The number of benzene rings is 4. The number of aromatic nitrogens is 1. The van der Waals surface area contributed by atoms with E-state index in [0.717, 1.165) is 38.7 Å². The summed E-state index contributed by atoms with van der Waals surface area (Å²) < 4.78 is 1.72. The van der Waals surface area contributed by atoms with Gasteiger partial charge in [-0.3, -0.25) is 4.79 Å². The molecule has 0 aliphatic carbocycles. The highest BCUT2D eigenvalue weighted by Crippen LogP contribution is 2.40. The fourth-order valence-electron chi connectivity index (χ4n) is 3.83. The van der Waals surface area contributed by atoms with Gasteiger partial charge in [-0.15, -0.1) is 11.3 Å². The van der Waals surface area contributed by atoms with Crippen LogP contribution in [-0.4, -0.2) is 16.3 Å². The SMILES string of the molecule is O=C(C=NOC(c1ccccc1)(c1ccccc1)c1ccccc1)Sc1nc2ccccc2s1. The van der Waals surface area contributed by atoms with Crippen molar-refractivity contribution in [2.45, 2.75) is 9.94 Å². The number of rotatable bonds is 7. The van der Waals surface area contributed by atoms with E-state index in [0.29, 0.717) is 4.34 Å². The van der Waals surface area contributed by atoms with E-state index >= 15 is 0 Å². The summed E-state index contributed by atoms with van der Waals surface area (Å²) in [5.41, 5.74) is 2.61. The third-order valence-corrected chi connectivity index (χ3v) is 7.25. The van der Waals surface area contributed by atoms with Gasteiger partial charge < -0.3 is 4.84 Å². The maximum atomic E-state index is 12.7. The number of thiazole rings is 1. The molecule has 0 spiro atoms. The molecule has 0 aliphatic rings. The average molecular weight is 481 g/mol. The second-order valence-electron chi connectivity index (χ2n) is 7.47. The molecule has 4 aromatic carbocycles. The Morgan fingerprint density at radius 1 is 0.765 bits per heavy atom.